The van der Waals surface area contributed by atoms with Gasteiger partial charge in [-0.2, -0.15) is 0 Å². The summed E-state index contributed by atoms with van der Waals surface area (Å²) in [6.07, 6.45) is 4.23. The summed E-state index contributed by atoms with van der Waals surface area (Å²) in [5, 5.41) is 0. The van der Waals surface area contributed by atoms with E-state index in [1.165, 1.54) is 18.7 Å². The van der Waals surface area contributed by atoms with Crippen molar-refractivity contribution in [1.82, 2.24) is 4.90 Å². The summed E-state index contributed by atoms with van der Waals surface area (Å²) < 4.78 is 4.59. The van der Waals surface area contributed by atoms with E-state index in [1.807, 2.05) is 38.4 Å². The van der Waals surface area contributed by atoms with Gasteiger partial charge in [-0.05, 0) is 26.1 Å². The number of likely N-dealkylation sites (N-methyl/N-ethyl adjacent to an activating group) is 1. The Morgan fingerprint density at radius 3 is 2.53 bits per heavy atom. The number of nitrogens with zero attached hydrogens (tertiary/aromatic N) is 1. The minimum Gasteiger partial charge on any atom is -0.466 e. The maximum Gasteiger partial charge on any atom is 0.330 e. The van der Waals surface area contributed by atoms with Gasteiger partial charge in [0.05, 0.1) is 7.11 Å². The average Bonchev–Trinajstić information content (AvgIpc) is 2.34. The van der Waals surface area contributed by atoms with Gasteiger partial charge >= 0.3 is 5.97 Å². The molecule has 0 saturated carbocycles. The van der Waals surface area contributed by atoms with Crippen molar-refractivity contribution in [3.8, 4) is 0 Å². The third-order valence-electron chi connectivity index (χ3n) is 2.61. The highest BCUT2D eigenvalue weighted by atomic mass is 16.5. The Hall–Kier alpha value is -1.61. The molecule has 0 aromatic heterocycles. The molecular formula is C14H19NO2. The second-order valence-corrected chi connectivity index (χ2v) is 4.10. The van der Waals surface area contributed by atoms with Crippen LogP contribution in [0.3, 0.4) is 0 Å². The summed E-state index contributed by atoms with van der Waals surface area (Å²) in [5.41, 5.74) is 1.25. The Labute approximate surface area is 103 Å². The normalized spacial score (nSPS) is 12.9. The number of ether oxygens (including phenoxy) is 1. The van der Waals surface area contributed by atoms with Crippen molar-refractivity contribution in [2.75, 3.05) is 21.2 Å². The van der Waals surface area contributed by atoms with Crippen LogP contribution in [0.15, 0.2) is 42.5 Å². The van der Waals surface area contributed by atoms with E-state index in [0.29, 0.717) is 0 Å². The Balaban J connectivity index is 2.67. The van der Waals surface area contributed by atoms with Crippen molar-refractivity contribution >= 4 is 5.97 Å². The first-order chi connectivity index (χ1) is 8.13. The highest BCUT2D eigenvalue weighted by Gasteiger charge is 2.09. The summed E-state index contributed by atoms with van der Waals surface area (Å²) >= 11 is 0. The molecule has 1 rings (SSSR count). The van der Waals surface area contributed by atoms with E-state index in [2.05, 4.69) is 21.8 Å². The Morgan fingerprint density at radius 2 is 2.00 bits per heavy atom. The first kappa shape index (κ1) is 13.5. The fraction of sp³-hybridized carbons (Fsp3) is 0.357. The number of carbonyl (C=O) groups excluding carboxylic acids is 1. The highest BCUT2D eigenvalue weighted by Crippen LogP contribution is 2.07. The van der Waals surface area contributed by atoms with Crippen LogP contribution in [0.2, 0.25) is 0 Å². The van der Waals surface area contributed by atoms with Crippen molar-refractivity contribution in [3.05, 3.63) is 48.0 Å². The van der Waals surface area contributed by atoms with E-state index in [-0.39, 0.29) is 12.0 Å². The smallest absolute Gasteiger partial charge is 0.330 e. The number of esters is 1. The summed E-state index contributed by atoms with van der Waals surface area (Å²) in [6, 6.07) is 10.4. The minimum atomic E-state index is -0.315. The average molecular weight is 233 g/mol. The molecule has 3 nitrogen and oxygen atoms in total. The number of carbonyl (C=O) groups is 1. The Bertz CT molecular complexity index is 371. The van der Waals surface area contributed by atoms with E-state index < -0.39 is 0 Å². The van der Waals surface area contributed by atoms with Gasteiger partial charge < -0.3 is 9.64 Å². The molecule has 0 aliphatic rings. The third kappa shape index (κ3) is 4.83. The van der Waals surface area contributed by atoms with E-state index in [0.717, 1.165) is 6.42 Å². The molecule has 0 fully saturated rings. The molecule has 0 amide bonds. The van der Waals surface area contributed by atoms with Gasteiger partial charge in [-0.15, -0.1) is 0 Å². The van der Waals surface area contributed by atoms with Crippen molar-refractivity contribution in [2.24, 2.45) is 0 Å². The monoisotopic (exact) mass is 233 g/mol. The predicted octanol–water partition coefficient (Wildman–Crippen LogP) is 1.89. The zero-order valence-electron chi connectivity index (χ0n) is 10.6. The largest absolute Gasteiger partial charge is 0.466 e. The van der Waals surface area contributed by atoms with Crippen LogP contribution in [0, 0.1) is 0 Å². The SMILES string of the molecule is COC(=O)/C=C/C(Cc1ccccc1)N(C)C. The van der Waals surface area contributed by atoms with E-state index in [1.54, 1.807) is 0 Å². The highest BCUT2D eigenvalue weighted by molar-refractivity contribution is 5.81. The standard InChI is InChI=1S/C14H19NO2/c1-15(2)13(9-10-14(16)17-3)11-12-7-5-4-6-8-12/h4-10,13H,11H2,1-3H3/b10-9+. The third-order valence-corrected chi connectivity index (χ3v) is 2.61. The summed E-state index contributed by atoms with van der Waals surface area (Å²) in [5.74, 6) is -0.315. The topological polar surface area (TPSA) is 29.5 Å². The van der Waals surface area contributed by atoms with Crippen LogP contribution in [-0.4, -0.2) is 38.1 Å². The van der Waals surface area contributed by atoms with Crippen LogP contribution in [0.1, 0.15) is 5.56 Å². The van der Waals surface area contributed by atoms with Crippen LogP contribution in [0.4, 0.5) is 0 Å². The van der Waals surface area contributed by atoms with Gasteiger partial charge in [-0.1, -0.05) is 36.4 Å². The lowest BCUT2D eigenvalue weighted by atomic mass is 10.0. The summed E-state index contributed by atoms with van der Waals surface area (Å²) in [4.78, 5) is 13.1. The molecule has 0 saturated heterocycles. The molecule has 0 radical (unpaired) electrons. The van der Waals surface area contributed by atoms with Crippen LogP contribution in [-0.2, 0) is 16.0 Å². The predicted molar refractivity (Wildman–Crippen MR) is 68.8 cm³/mol. The Morgan fingerprint density at radius 1 is 1.35 bits per heavy atom. The van der Waals surface area contributed by atoms with Gasteiger partial charge in [0.2, 0.25) is 0 Å². The minimum absolute atomic E-state index is 0.191. The lowest BCUT2D eigenvalue weighted by Gasteiger charge is -2.20. The fourth-order valence-electron chi connectivity index (χ4n) is 1.54. The van der Waals surface area contributed by atoms with Gasteiger partial charge in [0.15, 0.2) is 0 Å². The molecule has 1 aromatic carbocycles. The molecule has 0 aliphatic heterocycles. The number of hydrogen-bond donors (Lipinski definition) is 0. The van der Waals surface area contributed by atoms with Crippen LogP contribution >= 0.6 is 0 Å². The zero-order valence-corrected chi connectivity index (χ0v) is 10.6. The number of rotatable bonds is 5. The van der Waals surface area contributed by atoms with E-state index >= 15 is 0 Å². The second-order valence-electron chi connectivity index (χ2n) is 4.10. The quantitative estimate of drug-likeness (QED) is 0.574. The molecule has 0 bridgehead atoms. The Kier molecular flexibility index (Phi) is 5.43. The molecule has 0 spiro atoms. The molecule has 0 N–H and O–H groups in total. The van der Waals surface area contributed by atoms with Crippen LogP contribution < -0.4 is 0 Å². The van der Waals surface area contributed by atoms with Gasteiger partial charge in [0, 0.05) is 12.1 Å². The second kappa shape index (κ2) is 6.86. The molecule has 0 heterocycles. The number of benzene rings is 1. The molecule has 3 heteroatoms. The molecule has 1 atom stereocenters. The van der Waals surface area contributed by atoms with Gasteiger partial charge in [-0.25, -0.2) is 4.79 Å². The molecule has 1 unspecified atom stereocenters. The molecule has 0 aliphatic carbocycles. The maximum absolute atomic E-state index is 11.1. The lowest BCUT2D eigenvalue weighted by molar-refractivity contribution is -0.134. The molecule has 1 aromatic rings. The molecule has 92 valence electrons. The lowest BCUT2D eigenvalue weighted by Crippen LogP contribution is -2.28. The van der Waals surface area contributed by atoms with Crippen molar-refractivity contribution in [2.45, 2.75) is 12.5 Å². The number of hydrogen-bond acceptors (Lipinski definition) is 3. The van der Waals surface area contributed by atoms with E-state index in [4.69, 9.17) is 0 Å². The first-order valence-electron chi connectivity index (χ1n) is 5.60. The maximum atomic E-state index is 11.1. The number of methoxy groups -OCH3 is 1. The molecule has 17 heavy (non-hydrogen) atoms. The van der Waals surface area contributed by atoms with Gasteiger partial charge in [0.1, 0.15) is 0 Å². The summed E-state index contributed by atoms with van der Waals surface area (Å²) in [6.45, 7) is 0. The van der Waals surface area contributed by atoms with E-state index in [9.17, 15) is 4.79 Å². The zero-order chi connectivity index (χ0) is 12.7. The van der Waals surface area contributed by atoms with Gasteiger partial charge in [0.25, 0.3) is 0 Å². The van der Waals surface area contributed by atoms with Crippen molar-refractivity contribution in [1.29, 1.82) is 0 Å². The van der Waals surface area contributed by atoms with Crippen LogP contribution in [0.25, 0.3) is 0 Å². The van der Waals surface area contributed by atoms with Gasteiger partial charge in [-0.3, -0.25) is 0 Å². The molecular weight excluding hydrogens is 214 g/mol. The first-order valence-corrected chi connectivity index (χ1v) is 5.60. The van der Waals surface area contributed by atoms with Crippen molar-refractivity contribution < 1.29 is 9.53 Å². The van der Waals surface area contributed by atoms with Crippen molar-refractivity contribution in [3.63, 3.8) is 0 Å². The fourth-order valence-corrected chi connectivity index (χ4v) is 1.54. The summed E-state index contributed by atoms with van der Waals surface area (Å²) in [7, 11) is 5.37. The van der Waals surface area contributed by atoms with Crippen LogP contribution in [0.5, 0.6) is 0 Å².